The number of hydrogen-bond donors (Lipinski definition) is 2. The van der Waals surface area contributed by atoms with Crippen molar-refractivity contribution in [2.24, 2.45) is 0 Å². The van der Waals surface area contributed by atoms with E-state index in [0.29, 0.717) is 36.6 Å². The summed E-state index contributed by atoms with van der Waals surface area (Å²) in [6.07, 6.45) is 0.615. The third kappa shape index (κ3) is 2.96. The molecule has 9 nitrogen and oxygen atoms in total. The average Bonchev–Trinajstić information content (AvgIpc) is 2.91. The van der Waals surface area contributed by atoms with Gasteiger partial charge in [-0.3, -0.25) is 9.48 Å². The standard InChI is InChI=1S/C16H18N4O5S/c21-9-11-6-12-8-19(4-1-5-20(12)18-11)26(23,24)13-2-3-15-14(7-13)17-16(22)10-25-15/h2-3,6-7,21H,1,4-5,8-10H2,(H,17,22). The third-order valence-electron chi connectivity index (χ3n) is 4.41. The van der Waals surface area contributed by atoms with E-state index >= 15 is 0 Å². The second-order valence-electron chi connectivity index (χ2n) is 6.20. The number of fused-ring (bicyclic) bond motifs is 2. The second-order valence-corrected chi connectivity index (χ2v) is 8.13. The number of benzene rings is 1. The molecule has 0 unspecified atom stereocenters. The molecule has 2 aliphatic heterocycles. The van der Waals surface area contributed by atoms with Gasteiger partial charge in [-0.25, -0.2) is 8.42 Å². The van der Waals surface area contributed by atoms with E-state index in [1.54, 1.807) is 16.8 Å². The Morgan fingerprint density at radius 3 is 2.92 bits per heavy atom. The summed E-state index contributed by atoms with van der Waals surface area (Å²) in [5.74, 6) is 0.132. The summed E-state index contributed by atoms with van der Waals surface area (Å²) in [7, 11) is -3.75. The minimum absolute atomic E-state index is 0.0810. The highest BCUT2D eigenvalue weighted by molar-refractivity contribution is 7.89. The van der Waals surface area contributed by atoms with Crippen LogP contribution in [0, 0.1) is 0 Å². The predicted octanol–water partition coefficient (Wildman–Crippen LogP) is 0.301. The fourth-order valence-electron chi connectivity index (χ4n) is 3.15. The molecular weight excluding hydrogens is 360 g/mol. The summed E-state index contributed by atoms with van der Waals surface area (Å²) < 4.78 is 34.6. The number of rotatable bonds is 3. The lowest BCUT2D eigenvalue weighted by atomic mass is 10.2. The molecule has 138 valence electrons. The van der Waals surface area contributed by atoms with Gasteiger partial charge >= 0.3 is 0 Å². The molecule has 10 heteroatoms. The second kappa shape index (κ2) is 6.38. The molecule has 2 N–H and O–H groups in total. The molecule has 2 aromatic rings. The number of hydrogen-bond acceptors (Lipinski definition) is 6. The monoisotopic (exact) mass is 378 g/mol. The molecule has 4 rings (SSSR count). The third-order valence-corrected chi connectivity index (χ3v) is 6.25. The molecule has 1 aromatic carbocycles. The van der Waals surface area contributed by atoms with E-state index in [1.165, 1.54) is 16.4 Å². The van der Waals surface area contributed by atoms with E-state index in [9.17, 15) is 18.3 Å². The Morgan fingerprint density at radius 2 is 2.12 bits per heavy atom. The first-order chi connectivity index (χ1) is 12.5. The van der Waals surface area contributed by atoms with Crippen molar-refractivity contribution in [3.05, 3.63) is 35.7 Å². The Kier molecular flexibility index (Phi) is 4.17. The minimum Gasteiger partial charge on any atom is -0.482 e. The maximum atomic E-state index is 13.1. The van der Waals surface area contributed by atoms with Crippen molar-refractivity contribution in [2.45, 2.75) is 31.0 Å². The number of aryl methyl sites for hydroxylation is 1. The van der Waals surface area contributed by atoms with Crippen LogP contribution in [0.4, 0.5) is 5.69 Å². The van der Waals surface area contributed by atoms with E-state index in [0.717, 1.165) is 5.69 Å². The summed E-state index contributed by atoms with van der Waals surface area (Å²) in [5.41, 5.74) is 1.61. The van der Waals surface area contributed by atoms with Gasteiger partial charge in [-0.05, 0) is 30.7 Å². The van der Waals surface area contributed by atoms with Crippen LogP contribution in [0.2, 0.25) is 0 Å². The van der Waals surface area contributed by atoms with Crippen molar-refractivity contribution in [2.75, 3.05) is 18.5 Å². The van der Waals surface area contributed by atoms with Crippen LogP contribution in [0.3, 0.4) is 0 Å². The first-order valence-electron chi connectivity index (χ1n) is 8.21. The fraction of sp³-hybridized carbons (Fsp3) is 0.375. The molecule has 3 heterocycles. The van der Waals surface area contributed by atoms with Crippen LogP contribution in [0.5, 0.6) is 5.75 Å². The number of sulfonamides is 1. The molecular formula is C16H18N4O5S. The molecule has 0 bridgehead atoms. The quantitative estimate of drug-likeness (QED) is 0.794. The largest absolute Gasteiger partial charge is 0.482 e. The van der Waals surface area contributed by atoms with Crippen LogP contribution < -0.4 is 10.1 Å². The summed E-state index contributed by atoms with van der Waals surface area (Å²) in [6.45, 7) is 0.866. The summed E-state index contributed by atoms with van der Waals surface area (Å²) in [4.78, 5) is 11.6. The summed E-state index contributed by atoms with van der Waals surface area (Å²) >= 11 is 0. The van der Waals surface area contributed by atoms with Gasteiger partial charge in [0.25, 0.3) is 5.91 Å². The lowest BCUT2D eigenvalue weighted by Crippen LogP contribution is -2.31. The van der Waals surface area contributed by atoms with Crippen LogP contribution >= 0.6 is 0 Å². The van der Waals surface area contributed by atoms with Gasteiger partial charge in [-0.2, -0.15) is 9.40 Å². The maximum Gasteiger partial charge on any atom is 0.262 e. The molecule has 0 radical (unpaired) electrons. The van der Waals surface area contributed by atoms with Crippen molar-refractivity contribution < 1.29 is 23.1 Å². The molecule has 0 atom stereocenters. The minimum atomic E-state index is -3.75. The van der Waals surface area contributed by atoms with Gasteiger partial charge in [-0.15, -0.1) is 0 Å². The number of aliphatic hydroxyl groups is 1. The number of aromatic nitrogens is 2. The molecule has 0 aliphatic carbocycles. The van der Waals surface area contributed by atoms with E-state index < -0.39 is 10.0 Å². The molecule has 0 saturated heterocycles. The maximum absolute atomic E-state index is 13.1. The number of carbonyl (C=O) groups is 1. The Bertz CT molecular complexity index is 969. The number of aliphatic hydroxyl groups excluding tert-OH is 1. The number of nitrogens with zero attached hydrogens (tertiary/aromatic N) is 3. The highest BCUT2D eigenvalue weighted by Gasteiger charge is 2.29. The van der Waals surface area contributed by atoms with Crippen LogP contribution in [0.15, 0.2) is 29.2 Å². The zero-order valence-corrected chi connectivity index (χ0v) is 14.7. The number of carbonyl (C=O) groups excluding carboxylic acids is 1. The van der Waals surface area contributed by atoms with Crippen LogP contribution in [0.25, 0.3) is 0 Å². The highest BCUT2D eigenvalue weighted by atomic mass is 32.2. The van der Waals surface area contributed by atoms with Crippen molar-refractivity contribution >= 4 is 21.6 Å². The first kappa shape index (κ1) is 17.0. The van der Waals surface area contributed by atoms with Crippen molar-refractivity contribution in [1.29, 1.82) is 0 Å². The van der Waals surface area contributed by atoms with Crippen LogP contribution in [-0.2, 0) is 34.5 Å². The predicted molar refractivity (Wildman–Crippen MR) is 90.9 cm³/mol. The summed E-state index contributed by atoms with van der Waals surface area (Å²) in [6, 6.07) is 6.17. The molecule has 1 amide bonds. The smallest absolute Gasteiger partial charge is 0.262 e. The van der Waals surface area contributed by atoms with Gasteiger partial charge < -0.3 is 15.2 Å². The van der Waals surface area contributed by atoms with Crippen LogP contribution in [0.1, 0.15) is 17.8 Å². The lowest BCUT2D eigenvalue weighted by molar-refractivity contribution is -0.118. The van der Waals surface area contributed by atoms with Gasteiger partial charge in [-0.1, -0.05) is 0 Å². The Hall–Kier alpha value is -2.43. The van der Waals surface area contributed by atoms with E-state index in [2.05, 4.69) is 10.4 Å². The van der Waals surface area contributed by atoms with Gasteiger partial charge in [0.05, 0.1) is 35.1 Å². The Labute approximate surface area is 150 Å². The Balaban J connectivity index is 1.66. The SMILES string of the molecule is O=C1COc2ccc(S(=O)(=O)N3CCCn4nc(CO)cc4C3)cc2N1. The molecule has 2 aliphatic rings. The van der Waals surface area contributed by atoms with Gasteiger partial charge in [0.2, 0.25) is 10.0 Å². The van der Waals surface area contributed by atoms with Gasteiger partial charge in [0.1, 0.15) is 5.75 Å². The van der Waals surface area contributed by atoms with E-state index in [1.807, 2.05) is 0 Å². The summed E-state index contributed by atoms with van der Waals surface area (Å²) in [5, 5.41) is 16.1. The normalized spacial score (nSPS) is 17.7. The lowest BCUT2D eigenvalue weighted by Gasteiger charge is -2.22. The first-order valence-corrected chi connectivity index (χ1v) is 9.65. The van der Waals surface area contributed by atoms with E-state index in [4.69, 9.17) is 4.74 Å². The van der Waals surface area contributed by atoms with Crippen molar-refractivity contribution in [3.63, 3.8) is 0 Å². The van der Waals surface area contributed by atoms with Gasteiger partial charge in [0, 0.05) is 13.1 Å². The molecule has 0 saturated carbocycles. The number of nitrogens with one attached hydrogen (secondary N) is 1. The molecule has 0 fully saturated rings. The zero-order chi connectivity index (χ0) is 18.3. The van der Waals surface area contributed by atoms with Crippen LogP contribution in [-0.4, -0.2) is 46.7 Å². The average molecular weight is 378 g/mol. The molecule has 26 heavy (non-hydrogen) atoms. The number of amides is 1. The van der Waals surface area contributed by atoms with E-state index in [-0.39, 0.29) is 30.6 Å². The zero-order valence-electron chi connectivity index (χ0n) is 13.9. The molecule has 0 spiro atoms. The van der Waals surface area contributed by atoms with Crippen molar-refractivity contribution in [1.82, 2.24) is 14.1 Å². The number of anilines is 1. The fourth-order valence-corrected chi connectivity index (χ4v) is 4.62. The highest BCUT2D eigenvalue weighted by Crippen LogP contribution is 2.32. The van der Waals surface area contributed by atoms with Gasteiger partial charge in [0.15, 0.2) is 6.61 Å². The topological polar surface area (TPSA) is 114 Å². The molecule has 1 aromatic heterocycles. The number of ether oxygens (including phenoxy) is 1. The Morgan fingerprint density at radius 1 is 1.27 bits per heavy atom. The van der Waals surface area contributed by atoms with Crippen molar-refractivity contribution in [3.8, 4) is 5.75 Å².